The average Bonchev–Trinajstić information content (AvgIpc) is 3.18. The predicted octanol–water partition coefficient (Wildman–Crippen LogP) is 10.8. The monoisotopic (exact) mass is 627 g/mol. The zero-order valence-corrected chi connectivity index (χ0v) is 26.7. The minimum absolute atomic E-state index is 0.639. The number of benzene rings is 6. The van der Waals surface area contributed by atoms with Crippen LogP contribution in [0.25, 0.3) is 89.1 Å². The van der Waals surface area contributed by atoms with Crippen molar-refractivity contribution in [2.24, 2.45) is 0 Å². The molecule has 3 heterocycles. The number of aromatic nitrogens is 5. The summed E-state index contributed by atoms with van der Waals surface area (Å²) < 4.78 is 0. The molecule has 49 heavy (non-hydrogen) atoms. The predicted molar refractivity (Wildman–Crippen MR) is 200 cm³/mol. The molecule has 0 aliphatic rings. The van der Waals surface area contributed by atoms with E-state index >= 15 is 0 Å². The zero-order valence-electron chi connectivity index (χ0n) is 26.7. The van der Waals surface area contributed by atoms with E-state index in [1.807, 2.05) is 72.9 Å². The molecule has 9 rings (SSSR count). The molecule has 0 saturated carbocycles. The van der Waals surface area contributed by atoms with Gasteiger partial charge in [0.2, 0.25) is 0 Å². The molecular weight excluding hydrogens is 599 g/mol. The van der Waals surface area contributed by atoms with Gasteiger partial charge in [-0.15, -0.1) is 0 Å². The van der Waals surface area contributed by atoms with Gasteiger partial charge in [-0.2, -0.15) is 0 Å². The van der Waals surface area contributed by atoms with Gasteiger partial charge in [0, 0.05) is 39.2 Å². The van der Waals surface area contributed by atoms with Crippen molar-refractivity contribution in [3.05, 3.63) is 163 Å². The highest BCUT2D eigenvalue weighted by Gasteiger charge is 2.16. The molecule has 0 radical (unpaired) electrons. The molecule has 0 aliphatic heterocycles. The van der Waals surface area contributed by atoms with E-state index in [1.54, 1.807) is 0 Å². The fourth-order valence-electron chi connectivity index (χ4n) is 6.66. The highest BCUT2D eigenvalue weighted by atomic mass is 15.0. The third-order valence-electron chi connectivity index (χ3n) is 9.11. The second kappa shape index (κ2) is 11.9. The van der Waals surface area contributed by atoms with Gasteiger partial charge in [-0.1, -0.05) is 140 Å². The van der Waals surface area contributed by atoms with Gasteiger partial charge in [-0.05, 0) is 46.5 Å². The van der Waals surface area contributed by atoms with E-state index in [1.165, 1.54) is 21.9 Å². The second-order valence-electron chi connectivity index (χ2n) is 12.2. The topological polar surface area (TPSA) is 64.5 Å². The molecule has 0 unspecified atom stereocenters. The quantitative estimate of drug-likeness (QED) is 0.178. The van der Waals surface area contributed by atoms with E-state index in [9.17, 15) is 0 Å². The van der Waals surface area contributed by atoms with Crippen LogP contribution in [0.15, 0.2) is 158 Å². The van der Waals surface area contributed by atoms with Crippen molar-refractivity contribution < 1.29 is 0 Å². The van der Waals surface area contributed by atoms with E-state index in [4.69, 9.17) is 19.9 Å². The lowest BCUT2D eigenvalue weighted by Gasteiger charge is -2.15. The minimum Gasteiger partial charge on any atom is -0.254 e. The minimum atomic E-state index is 0.639. The summed E-state index contributed by atoms with van der Waals surface area (Å²) in [6.07, 6.45) is 1.83. The van der Waals surface area contributed by atoms with Gasteiger partial charge in [0.1, 0.15) is 0 Å². The highest BCUT2D eigenvalue weighted by Crippen LogP contribution is 2.38. The van der Waals surface area contributed by atoms with Crippen LogP contribution >= 0.6 is 0 Å². The van der Waals surface area contributed by atoms with Crippen LogP contribution < -0.4 is 0 Å². The largest absolute Gasteiger partial charge is 0.254 e. The molecule has 5 heteroatoms. The van der Waals surface area contributed by atoms with Crippen LogP contribution in [0.1, 0.15) is 5.56 Å². The maximum atomic E-state index is 5.18. The highest BCUT2D eigenvalue weighted by molar-refractivity contribution is 6.08. The maximum absolute atomic E-state index is 5.18. The Balaban J connectivity index is 1.14. The van der Waals surface area contributed by atoms with E-state index in [2.05, 4.69) is 96.8 Å². The van der Waals surface area contributed by atoms with Gasteiger partial charge >= 0.3 is 0 Å². The Kier molecular flexibility index (Phi) is 6.95. The lowest BCUT2D eigenvalue weighted by molar-refractivity contribution is 1.07. The molecular formula is C44H29N5. The van der Waals surface area contributed by atoms with E-state index in [-0.39, 0.29) is 0 Å². The first kappa shape index (κ1) is 28.6. The van der Waals surface area contributed by atoms with Crippen molar-refractivity contribution in [3.8, 4) is 56.5 Å². The molecule has 0 spiro atoms. The fourth-order valence-corrected chi connectivity index (χ4v) is 6.66. The summed E-state index contributed by atoms with van der Waals surface area (Å²) >= 11 is 0. The van der Waals surface area contributed by atoms with Gasteiger partial charge in [0.25, 0.3) is 0 Å². The summed E-state index contributed by atoms with van der Waals surface area (Å²) in [6.45, 7) is 2.18. The van der Waals surface area contributed by atoms with Crippen molar-refractivity contribution in [2.45, 2.75) is 6.92 Å². The number of aryl methyl sites for hydroxylation is 1. The molecule has 5 nitrogen and oxygen atoms in total. The number of rotatable bonds is 5. The van der Waals surface area contributed by atoms with Crippen LogP contribution in [0.3, 0.4) is 0 Å². The summed E-state index contributed by atoms with van der Waals surface area (Å²) in [4.78, 5) is 24.5. The molecule has 0 bridgehead atoms. The van der Waals surface area contributed by atoms with Crippen LogP contribution in [0.4, 0.5) is 0 Å². The van der Waals surface area contributed by atoms with Crippen LogP contribution in [-0.2, 0) is 0 Å². The van der Waals surface area contributed by atoms with E-state index in [0.29, 0.717) is 17.5 Å². The van der Waals surface area contributed by atoms with Gasteiger partial charge in [-0.25, -0.2) is 19.9 Å². The molecule has 0 saturated heterocycles. The smallest absolute Gasteiger partial charge is 0.164 e. The van der Waals surface area contributed by atoms with Crippen LogP contribution in [0, 0.1) is 6.92 Å². The first-order valence-electron chi connectivity index (χ1n) is 16.3. The standard InChI is InChI=1S/C44H29N5/c1-28-10-8-16-37-36(38-26-23-31-20-19-30-15-9-27-45-40(30)41(31)46-38)25-24-35(39(28)37)29-17-21-34(22-18-29)44-48-42(32-11-4-2-5-12-32)47-43(49-44)33-13-6-3-7-14-33/h2-27H,1H3. The summed E-state index contributed by atoms with van der Waals surface area (Å²) in [5.41, 5.74) is 10.2. The van der Waals surface area contributed by atoms with Gasteiger partial charge in [0.05, 0.1) is 16.7 Å². The molecule has 0 aliphatic carbocycles. The van der Waals surface area contributed by atoms with Gasteiger partial charge < -0.3 is 0 Å². The Labute approximate surface area is 283 Å². The summed E-state index contributed by atoms with van der Waals surface area (Å²) in [6, 6.07) is 52.1. The maximum Gasteiger partial charge on any atom is 0.164 e. The molecule has 9 aromatic rings. The molecule has 0 fully saturated rings. The SMILES string of the molecule is Cc1cccc2c(-c3ccc4ccc5cccnc5c4n3)ccc(-c3ccc(-c4nc(-c5ccccc5)nc(-c5ccccc5)n4)cc3)c12. The first-order valence-corrected chi connectivity index (χ1v) is 16.3. The Hall–Kier alpha value is -6.59. The third kappa shape index (κ3) is 5.18. The Bertz CT molecular complexity index is 2590. The number of pyridine rings is 2. The average molecular weight is 628 g/mol. The van der Waals surface area contributed by atoms with Gasteiger partial charge in [-0.3, -0.25) is 4.98 Å². The fraction of sp³-hybridized carbons (Fsp3) is 0.0227. The second-order valence-corrected chi connectivity index (χ2v) is 12.2. The summed E-state index contributed by atoms with van der Waals surface area (Å²) in [7, 11) is 0. The van der Waals surface area contributed by atoms with Crippen LogP contribution in [-0.4, -0.2) is 24.9 Å². The van der Waals surface area contributed by atoms with Crippen molar-refractivity contribution >= 4 is 32.6 Å². The molecule has 0 N–H and O–H groups in total. The van der Waals surface area contributed by atoms with Gasteiger partial charge in [0.15, 0.2) is 17.5 Å². The third-order valence-corrected chi connectivity index (χ3v) is 9.11. The van der Waals surface area contributed by atoms with E-state index in [0.717, 1.165) is 55.3 Å². The summed E-state index contributed by atoms with van der Waals surface area (Å²) in [5, 5.41) is 4.55. The van der Waals surface area contributed by atoms with Crippen LogP contribution in [0.2, 0.25) is 0 Å². The summed E-state index contributed by atoms with van der Waals surface area (Å²) in [5.74, 6) is 1.94. The molecule has 3 aromatic heterocycles. The normalized spacial score (nSPS) is 11.4. The van der Waals surface area contributed by atoms with E-state index < -0.39 is 0 Å². The zero-order chi connectivity index (χ0) is 32.7. The van der Waals surface area contributed by atoms with Crippen LogP contribution in [0.5, 0.6) is 0 Å². The van der Waals surface area contributed by atoms with Crippen molar-refractivity contribution in [2.75, 3.05) is 0 Å². The lowest BCUT2D eigenvalue weighted by atomic mass is 9.90. The molecule has 230 valence electrons. The molecule has 0 amide bonds. The Morgan fingerprint density at radius 1 is 0.388 bits per heavy atom. The molecule has 6 aromatic carbocycles. The Morgan fingerprint density at radius 3 is 1.63 bits per heavy atom. The van der Waals surface area contributed by atoms with Crippen molar-refractivity contribution in [1.82, 2.24) is 24.9 Å². The first-order chi connectivity index (χ1) is 24.2. The Morgan fingerprint density at radius 2 is 0.959 bits per heavy atom. The number of hydrogen-bond acceptors (Lipinski definition) is 5. The lowest BCUT2D eigenvalue weighted by Crippen LogP contribution is -2.00. The number of fused-ring (bicyclic) bond motifs is 4. The van der Waals surface area contributed by atoms with Crippen molar-refractivity contribution in [1.29, 1.82) is 0 Å². The number of nitrogens with zero attached hydrogens (tertiary/aromatic N) is 5. The van der Waals surface area contributed by atoms with Crippen molar-refractivity contribution in [3.63, 3.8) is 0 Å². The molecule has 0 atom stereocenters. The number of hydrogen-bond donors (Lipinski definition) is 0.